The fourth-order valence-corrected chi connectivity index (χ4v) is 6.14. The van der Waals surface area contributed by atoms with Crippen molar-refractivity contribution < 1.29 is 17.9 Å². The zero-order valence-corrected chi connectivity index (χ0v) is 18.3. The Hall–Kier alpha value is -2.15. The molecule has 1 aliphatic carbocycles. The molecule has 1 amide bonds. The highest BCUT2D eigenvalue weighted by atomic mass is 32.2. The van der Waals surface area contributed by atoms with Crippen LogP contribution in [0.5, 0.6) is 5.75 Å². The number of nitrogens with zero attached hydrogens (tertiary/aromatic N) is 4. The van der Waals surface area contributed by atoms with Crippen molar-refractivity contribution in [2.75, 3.05) is 40.3 Å². The first-order chi connectivity index (χ1) is 14.3. The molecule has 1 aromatic rings. The van der Waals surface area contributed by atoms with Gasteiger partial charge >= 0.3 is 0 Å². The van der Waals surface area contributed by atoms with Gasteiger partial charge in [0.25, 0.3) is 0 Å². The van der Waals surface area contributed by atoms with Crippen molar-refractivity contribution in [1.29, 1.82) is 5.26 Å². The molecule has 2 aliphatic heterocycles. The monoisotopic (exact) mass is 432 g/mol. The molecule has 8 nitrogen and oxygen atoms in total. The first kappa shape index (κ1) is 21.1. The van der Waals surface area contributed by atoms with E-state index in [2.05, 4.69) is 6.07 Å². The van der Waals surface area contributed by atoms with E-state index in [1.165, 1.54) is 0 Å². The van der Waals surface area contributed by atoms with Gasteiger partial charge in [-0.3, -0.25) is 4.79 Å². The second-order valence-electron chi connectivity index (χ2n) is 8.65. The maximum atomic E-state index is 13.5. The molecule has 2 heterocycles. The number of fused-ring (bicyclic) bond motifs is 2. The van der Waals surface area contributed by atoms with Gasteiger partial charge in [0.1, 0.15) is 22.2 Å². The molecule has 1 saturated carbocycles. The molecular weight excluding hydrogens is 404 g/mol. The van der Waals surface area contributed by atoms with Gasteiger partial charge in [0.05, 0.1) is 12.1 Å². The highest BCUT2D eigenvalue weighted by molar-refractivity contribution is 7.89. The van der Waals surface area contributed by atoms with Gasteiger partial charge in [0, 0.05) is 32.6 Å². The van der Waals surface area contributed by atoms with E-state index in [1.54, 1.807) is 33.5 Å². The summed E-state index contributed by atoms with van der Waals surface area (Å²) in [5, 5.41) is 9.40. The van der Waals surface area contributed by atoms with E-state index < -0.39 is 15.4 Å². The Labute approximate surface area is 178 Å². The number of carbonyl (C=O) groups is 1. The molecular formula is C21H28N4O4S. The highest BCUT2D eigenvalue weighted by Gasteiger charge is 2.53. The van der Waals surface area contributed by atoms with Crippen molar-refractivity contribution >= 4 is 15.9 Å². The lowest BCUT2D eigenvalue weighted by Crippen LogP contribution is -2.49. The summed E-state index contributed by atoms with van der Waals surface area (Å²) >= 11 is 0. The molecule has 0 bridgehead atoms. The molecule has 9 heteroatoms. The molecule has 2 fully saturated rings. The average molecular weight is 433 g/mol. The molecule has 4 rings (SSSR count). The first-order valence-electron chi connectivity index (χ1n) is 10.4. The van der Waals surface area contributed by atoms with Crippen molar-refractivity contribution in [2.24, 2.45) is 5.41 Å². The second kappa shape index (κ2) is 7.84. The van der Waals surface area contributed by atoms with Crippen molar-refractivity contribution in [3.63, 3.8) is 0 Å². The average Bonchev–Trinajstić information content (AvgIpc) is 3.53. The lowest BCUT2D eigenvalue weighted by molar-refractivity contribution is -0.134. The van der Waals surface area contributed by atoms with Crippen LogP contribution in [0.2, 0.25) is 0 Å². The van der Waals surface area contributed by atoms with Gasteiger partial charge in [-0.05, 0) is 45.5 Å². The Balaban J connectivity index is 1.65. The Morgan fingerprint density at radius 3 is 2.63 bits per heavy atom. The summed E-state index contributed by atoms with van der Waals surface area (Å²) in [4.78, 5) is 16.8. The summed E-state index contributed by atoms with van der Waals surface area (Å²) in [5.41, 5.74) is -0.865. The topological polar surface area (TPSA) is 93.9 Å². The summed E-state index contributed by atoms with van der Waals surface area (Å²) in [6, 6.07) is 8.59. The zero-order chi connectivity index (χ0) is 21.5. The van der Waals surface area contributed by atoms with E-state index in [0.29, 0.717) is 57.6 Å². The van der Waals surface area contributed by atoms with E-state index in [9.17, 15) is 18.5 Å². The number of likely N-dealkylation sites (tertiary alicyclic amines) is 1. The molecule has 0 unspecified atom stereocenters. The number of hydrogen-bond acceptors (Lipinski definition) is 6. The Bertz CT molecular complexity index is 967. The molecule has 0 radical (unpaired) electrons. The van der Waals surface area contributed by atoms with Crippen LogP contribution in [-0.2, 0) is 14.8 Å². The summed E-state index contributed by atoms with van der Waals surface area (Å²) in [6.07, 6.45) is 1.89. The van der Waals surface area contributed by atoms with Crippen molar-refractivity contribution in [2.45, 2.75) is 42.7 Å². The molecule has 2 atom stereocenters. The van der Waals surface area contributed by atoms with Gasteiger partial charge in [-0.1, -0.05) is 12.1 Å². The molecule has 162 valence electrons. The predicted octanol–water partition coefficient (Wildman–Crippen LogP) is 1.29. The van der Waals surface area contributed by atoms with Crippen LogP contribution < -0.4 is 4.74 Å². The Kier molecular flexibility index (Phi) is 5.51. The van der Waals surface area contributed by atoms with Gasteiger partial charge in [0.15, 0.2) is 0 Å². The number of amides is 1. The molecule has 1 saturated heterocycles. The lowest BCUT2D eigenvalue weighted by atomic mass is 10.1. The highest BCUT2D eigenvalue weighted by Crippen LogP contribution is 2.47. The van der Waals surface area contributed by atoms with Gasteiger partial charge in [-0.15, -0.1) is 0 Å². The van der Waals surface area contributed by atoms with Gasteiger partial charge < -0.3 is 14.5 Å². The summed E-state index contributed by atoms with van der Waals surface area (Å²) in [6.45, 7) is 1.83. The maximum Gasteiger partial charge on any atom is 0.247 e. The number of hydrogen-bond donors (Lipinski definition) is 0. The standard InChI is InChI=1S/C21H28N4O4S/c1-23(2)13-14-25-16-7-11-24(20(26)21(15-22)9-10-21)12-8-17(16)29-18-5-3-4-6-19(18)30(25,27)28/h3-6,16-17H,7-14H2,1-2H3/t16-,17-/m1/s1. The van der Waals surface area contributed by atoms with E-state index >= 15 is 0 Å². The predicted molar refractivity (Wildman–Crippen MR) is 110 cm³/mol. The fourth-order valence-electron chi connectivity index (χ4n) is 4.35. The largest absolute Gasteiger partial charge is 0.487 e. The number of ether oxygens (including phenoxy) is 1. The summed E-state index contributed by atoms with van der Waals surface area (Å²) < 4.78 is 34.9. The van der Waals surface area contributed by atoms with E-state index in [4.69, 9.17) is 4.74 Å². The van der Waals surface area contributed by atoms with E-state index in [0.717, 1.165) is 0 Å². The molecule has 0 aromatic heterocycles. The number of benzene rings is 1. The molecule has 0 N–H and O–H groups in total. The van der Waals surface area contributed by atoms with Crippen LogP contribution in [0.4, 0.5) is 0 Å². The van der Waals surface area contributed by atoms with Crippen LogP contribution in [-0.4, -0.2) is 80.9 Å². The van der Waals surface area contributed by atoms with Crippen LogP contribution in [0.15, 0.2) is 29.2 Å². The van der Waals surface area contributed by atoms with Crippen molar-refractivity contribution in [3.05, 3.63) is 24.3 Å². The third-order valence-electron chi connectivity index (χ3n) is 6.32. The minimum atomic E-state index is -3.73. The number of rotatable bonds is 4. The molecule has 0 spiro atoms. The smallest absolute Gasteiger partial charge is 0.247 e. The van der Waals surface area contributed by atoms with Crippen LogP contribution in [0.25, 0.3) is 0 Å². The number of carbonyl (C=O) groups excluding carboxylic acids is 1. The minimum Gasteiger partial charge on any atom is -0.487 e. The second-order valence-corrected chi connectivity index (χ2v) is 10.5. The van der Waals surface area contributed by atoms with Crippen molar-refractivity contribution in [1.82, 2.24) is 14.1 Å². The van der Waals surface area contributed by atoms with Crippen LogP contribution in [0.1, 0.15) is 25.7 Å². The number of likely N-dealkylation sites (N-methyl/N-ethyl adjacent to an activating group) is 1. The first-order valence-corrected chi connectivity index (χ1v) is 11.9. The fraction of sp³-hybridized carbons (Fsp3) is 0.619. The Morgan fingerprint density at radius 1 is 1.27 bits per heavy atom. The van der Waals surface area contributed by atoms with E-state index in [1.807, 2.05) is 19.0 Å². The number of sulfonamides is 1. The zero-order valence-electron chi connectivity index (χ0n) is 17.5. The third kappa shape index (κ3) is 3.68. The Morgan fingerprint density at radius 2 is 1.97 bits per heavy atom. The van der Waals surface area contributed by atoms with Gasteiger partial charge in [0.2, 0.25) is 15.9 Å². The minimum absolute atomic E-state index is 0.121. The lowest BCUT2D eigenvalue weighted by Gasteiger charge is -2.32. The van der Waals surface area contributed by atoms with Gasteiger partial charge in [-0.25, -0.2) is 8.42 Å². The normalized spacial score (nSPS) is 27.1. The molecule has 1 aromatic carbocycles. The van der Waals surface area contributed by atoms with Crippen LogP contribution in [0.3, 0.4) is 0 Å². The SMILES string of the molecule is CN(C)CCN1[C@@H]2CCN(C(=O)C3(C#N)CC3)CC[C@H]2Oc2ccccc2S1(=O)=O. The molecule has 30 heavy (non-hydrogen) atoms. The number of para-hydroxylation sites is 1. The number of nitriles is 1. The maximum absolute atomic E-state index is 13.5. The summed E-state index contributed by atoms with van der Waals surface area (Å²) in [5.74, 6) is 0.250. The molecule has 3 aliphatic rings. The summed E-state index contributed by atoms with van der Waals surface area (Å²) in [7, 11) is 0.0929. The quantitative estimate of drug-likeness (QED) is 0.712. The van der Waals surface area contributed by atoms with Crippen LogP contribution >= 0.6 is 0 Å². The van der Waals surface area contributed by atoms with E-state index in [-0.39, 0.29) is 22.9 Å². The third-order valence-corrected chi connectivity index (χ3v) is 8.28. The van der Waals surface area contributed by atoms with Crippen molar-refractivity contribution in [3.8, 4) is 11.8 Å². The van der Waals surface area contributed by atoms with Gasteiger partial charge in [-0.2, -0.15) is 9.57 Å². The van der Waals surface area contributed by atoms with Crippen LogP contribution in [0, 0.1) is 16.7 Å².